The van der Waals surface area contributed by atoms with Crippen LogP contribution in [0, 0.1) is 10.1 Å². The van der Waals surface area contributed by atoms with Crippen LogP contribution in [0.2, 0.25) is 0 Å². The Bertz CT molecular complexity index is 569. The molecule has 2 aromatic carbocycles. The lowest BCUT2D eigenvalue weighted by Crippen LogP contribution is -1.98. The van der Waals surface area contributed by atoms with Gasteiger partial charge in [-0.2, -0.15) is 0 Å². The maximum Gasteiger partial charge on any atom is 0.273 e. The summed E-state index contributed by atoms with van der Waals surface area (Å²) in [6.07, 6.45) is 0. The Morgan fingerprint density at radius 1 is 1.11 bits per heavy atom. The minimum Gasteiger partial charge on any atom is -0.493 e. The number of nitro benzene ring substituents is 1. The molecule has 98 valence electrons. The minimum atomic E-state index is -0.463. The lowest BCUT2D eigenvalue weighted by molar-refractivity contribution is -0.385. The summed E-state index contributed by atoms with van der Waals surface area (Å²) in [5.74, 6) is 0.835. The molecule has 0 unspecified atom stereocenters. The predicted octanol–water partition coefficient (Wildman–Crippen LogP) is 3.18. The number of hydrogen-bond acceptors (Lipinski definition) is 4. The fraction of sp³-hybridized carbons (Fsp3) is 0.143. The zero-order valence-electron chi connectivity index (χ0n) is 10.4. The van der Waals surface area contributed by atoms with E-state index in [2.05, 4.69) is 0 Å². The highest BCUT2D eigenvalue weighted by Crippen LogP contribution is 2.31. The number of methoxy groups -OCH3 is 1. The highest BCUT2D eigenvalue weighted by molar-refractivity contribution is 5.48. The molecule has 0 aromatic heterocycles. The number of hydrogen-bond donors (Lipinski definition) is 0. The lowest BCUT2D eigenvalue weighted by atomic mass is 10.2. The van der Waals surface area contributed by atoms with Crippen molar-refractivity contribution in [3.05, 3.63) is 64.2 Å². The van der Waals surface area contributed by atoms with E-state index in [-0.39, 0.29) is 5.69 Å². The molecular formula is C14H13NO4. The third-order valence-corrected chi connectivity index (χ3v) is 2.60. The van der Waals surface area contributed by atoms with Gasteiger partial charge >= 0.3 is 0 Å². The molecule has 2 aromatic rings. The summed E-state index contributed by atoms with van der Waals surface area (Å²) in [4.78, 5) is 10.3. The number of ether oxygens (including phenoxy) is 2. The normalized spacial score (nSPS) is 9.95. The number of nitrogens with zero attached hydrogens (tertiary/aromatic N) is 1. The third kappa shape index (κ3) is 3.22. The summed E-state index contributed by atoms with van der Waals surface area (Å²) >= 11 is 0. The number of non-ortho nitro benzene ring substituents is 1. The summed E-state index contributed by atoms with van der Waals surface area (Å²) in [7, 11) is 1.50. The molecule has 0 N–H and O–H groups in total. The maximum absolute atomic E-state index is 10.7. The van der Waals surface area contributed by atoms with E-state index in [9.17, 15) is 10.1 Å². The van der Waals surface area contributed by atoms with E-state index >= 15 is 0 Å². The average molecular weight is 259 g/mol. The monoisotopic (exact) mass is 259 g/mol. The molecule has 0 fully saturated rings. The lowest BCUT2D eigenvalue weighted by Gasteiger charge is -2.10. The molecule has 0 atom stereocenters. The van der Waals surface area contributed by atoms with Crippen molar-refractivity contribution in [3.63, 3.8) is 0 Å². The van der Waals surface area contributed by atoms with Gasteiger partial charge < -0.3 is 9.47 Å². The topological polar surface area (TPSA) is 61.6 Å². The Kier molecular flexibility index (Phi) is 3.97. The summed E-state index contributed by atoms with van der Waals surface area (Å²) in [6.45, 7) is 0.332. The summed E-state index contributed by atoms with van der Waals surface area (Å²) in [5, 5.41) is 10.7. The second-order valence-corrected chi connectivity index (χ2v) is 3.87. The smallest absolute Gasteiger partial charge is 0.273 e. The molecule has 5 nitrogen and oxygen atoms in total. The molecule has 0 aliphatic rings. The first-order chi connectivity index (χ1) is 9.20. The van der Waals surface area contributed by atoms with Crippen molar-refractivity contribution in [2.24, 2.45) is 0 Å². The Labute approximate surface area is 110 Å². The molecule has 0 saturated heterocycles. The first-order valence-corrected chi connectivity index (χ1v) is 5.70. The Morgan fingerprint density at radius 3 is 2.47 bits per heavy atom. The molecule has 2 rings (SSSR count). The summed E-state index contributed by atoms with van der Waals surface area (Å²) in [6, 6.07) is 13.8. The van der Waals surface area contributed by atoms with Crippen LogP contribution in [0.25, 0.3) is 0 Å². The molecular weight excluding hydrogens is 246 g/mol. The van der Waals surface area contributed by atoms with E-state index < -0.39 is 4.92 Å². The number of nitro groups is 1. The van der Waals surface area contributed by atoms with Gasteiger partial charge in [-0.15, -0.1) is 0 Å². The summed E-state index contributed by atoms with van der Waals surface area (Å²) in [5.41, 5.74) is 0.958. The van der Waals surface area contributed by atoms with E-state index in [4.69, 9.17) is 9.47 Å². The number of rotatable bonds is 5. The van der Waals surface area contributed by atoms with Crippen molar-refractivity contribution in [1.29, 1.82) is 0 Å². The average Bonchev–Trinajstić information content (AvgIpc) is 2.45. The molecule has 5 heteroatoms. The van der Waals surface area contributed by atoms with E-state index in [1.165, 1.54) is 25.3 Å². The molecule has 0 saturated carbocycles. The zero-order chi connectivity index (χ0) is 13.7. The van der Waals surface area contributed by atoms with Gasteiger partial charge in [0, 0.05) is 6.07 Å². The standard InChI is InChI=1S/C14H13NO4/c1-18-13-8-7-12(15(16)17)9-14(13)19-10-11-5-3-2-4-6-11/h2-9H,10H2,1H3. The van der Waals surface area contributed by atoms with Crippen LogP contribution in [0.4, 0.5) is 5.69 Å². The SMILES string of the molecule is COc1ccc([N+](=O)[O-])cc1OCc1ccccc1. The Balaban J connectivity index is 2.18. The van der Waals surface area contributed by atoms with E-state index in [0.29, 0.717) is 18.1 Å². The summed E-state index contributed by atoms with van der Waals surface area (Å²) < 4.78 is 10.7. The van der Waals surface area contributed by atoms with Crippen molar-refractivity contribution in [2.45, 2.75) is 6.61 Å². The van der Waals surface area contributed by atoms with Gasteiger partial charge in [-0.25, -0.2) is 0 Å². The van der Waals surface area contributed by atoms with Crippen molar-refractivity contribution in [3.8, 4) is 11.5 Å². The van der Waals surface area contributed by atoms with Crippen LogP contribution in [0.3, 0.4) is 0 Å². The van der Waals surface area contributed by atoms with Gasteiger partial charge in [-0.1, -0.05) is 30.3 Å². The van der Waals surface area contributed by atoms with Gasteiger partial charge in [-0.05, 0) is 11.6 Å². The van der Waals surface area contributed by atoms with Crippen molar-refractivity contribution in [2.75, 3.05) is 7.11 Å². The van der Waals surface area contributed by atoms with Gasteiger partial charge in [0.15, 0.2) is 11.5 Å². The van der Waals surface area contributed by atoms with Crippen LogP contribution < -0.4 is 9.47 Å². The van der Waals surface area contributed by atoms with Gasteiger partial charge in [0.25, 0.3) is 5.69 Å². The quantitative estimate of drug-likeness (QED) is 0.611. The zero-order valence-corrected chi connectivity index (χ0v) is 10.4. The maximum atomic E-state index is 10.7. The van der Waals surface area contributed by atoms with Crippen LogP contribution >= 0.6 is 0 Å². The first-order valence-electron chi connectivity index (χ1n) is 5.70. The van der Waals surface area contributed by atoms with Gasteiger partial charge in [-0.3, -0.25) is 10.1 Å². The van der Waals surface area contributed by atoms with Gasteiger partial charge in [0.1, 0.15) is 6.61 Å². The van der Waals surface area contributed by atoms with Crippen molar-refractivity contribution >= 4 is 5.69 Å². The van der Waals surface area contributed by atoms with Crippen LogP contribution in [0.1, 0.15) is 5.56 Å². The molecule has 0 amide bonds. The van der Waals surface area contributed by atoms with Crippen LogP contribution in [-0.2, 0) is 6.61 Å². The second kappa shape index (κ2) is 5.86. The molecule has 0 radical (unpaired) electrons. The van der Waals surface area contributed by atoms with Gasteiger partial charge in [0.05, 0.1) is 18.1 Å². The van der Waals surface area contributed by atoms with Gasteiger partial charge in [0.2, 0.25) is 0 Å². The first kappa shape index (κ1) is 12.9. The molecule has 0 aliphatic heterocycles. The van der Waals surface area contributed by atoms with Crippen molar-refractivity contribution in [1.82, 2.24) is 0 Å². The Hall–Kier alpha value is -2.56. The minimum absolute atomic E-state index is 0.0242. The molecule has 0 spiro atoms. The Morgan fingerprint density at radius 2 is 1.84 bits per heavy atom. The predicted molar refractivity (Wildman–Crippen MR) is 70.4 cm³/mol. The highest BCUT2D eigenvalue weighted by atomic mass is 16.6. The van der Waals surface area contributed by atoms with Crippen LogP contribution in [0.5, 0.6) is 11.5 Å². The molecule has 0 heterocycles. The molecule has 0 bridgehead atoms. The fourth-order valence-electron chi connectivity index (χ4n) is 1.63. The largest absolute Gasteiger partial charge is 0.493 e. The third-order valence-electron chi connectivity index (χ3n) is 2.60. The van der Waals surface area contributed by atoms with E-state index in [1.54, 1.807) is 0 Å². The van der Waals surface area contributed by atoms with Crippen molar-refractivity contribution < 1.29 is 14.4 Å². The van der Waals surface area contributed by atoms with E-state index in [0.717, 1.165) is 5.56 Å². The second-order valence-electron chi connectivity index (χ2n) is 3.87. The van der Waals surface area contributed by atoms with Crippen LogP contribution in [0.15, 0.2) is 48.5 Å². The molecule has 19 heavy (non-hydrogen) atoms. The fourth-order valence-corrected chi connectivity index (χ4v) is 1.63. The van der Waals surface area contributed by atoms with E-state index in [1.807, 2.05) is 30.3 Å². The highest BCUT2D eigenvalue weighted by Gasteiger charge is 2.12. The molecule has 0 aliphatic carbocycles. The van der Waals surface area contributed by atoms with Crippen LogP contribution in [-0.4, -0.2) is 12.0 Å². The number of benzene rings is 2.